The molecule has 0 saturated heterocycles. The van der Waals surface area contributed by atoms with Gasteiger partial charge in [0.1, 0.15) is 0 Å². The van der Waals surface area contributed by atoms with Gasteiger partial charge in [-0.3, -0.25) is 4.79 Å². The highest BCUT2D eigenvalue weighted by Gasteiger charge is 2.22. The molecule has 0 aliphatic carbocycles. The van der Waals surface area contributed by atoms with Crippen LogP contribution < -0.4 is 5.73 Å². The summed E-state index contributed by atoms with van der Waals surface area (Å²) in [6.07, 6.45) is 9.63. The zero-order chi connectivity index (χ0) is 19.4. The first-order valence-corrected chi connectivity index (χ1v) is 10.7. The Labute approximate surface area is 161 Å². The summed E-state index contributed by atoms with van der Waals surface area (Å²) in [6, 6.07) is 7.39. The monoisotopic (exact) mass is 360 g/mol. The lowest BCUT2D eigenvalue weighted by molar-refractivity contribution is 0.0685. The number of hydrogen-bond donors (Lipinski definition) is 1. The molecule has 1 unspecified atom stereocenters. The molecule has 1 rings (SSSR count). The predicted octanol–water partition coefficient (Wildman–Crippen LogP) is 6.14. The number of hydrogen-bond acceptors (Lipinski definition) is 2. The number of carbonyl (C=O) groups excluding carboxylic acids is 1. The van der Waals surface area contributed by atoms with E-state index in [9.17, 15) is 4.79 Å². The Hall–Kier alpha value is -1.51. The third kappa shape index (κ3) is 7.80. The van der Waals surface area contributed by atoms with Crippen LogP contribution in [0.4, 0.5) is 5.69 Å². The van der Waals surface area contributed by atoms with E-state index in [2.05, 4.69) is 32.6 Å². The number of nitrogens with zero attached hydrogens (tertiary/aromatic N) is 1. The third-order valence-corrected chi connectivity index (χ3v) is 5.49. The third-order valence-electron chi connectivity index (χ3n) is 5.49. The SMILES string of the molecule is CCCCC(CC)CN(C[C@H](CC)CCCC)C(=O)c1ccc(N)cc1. The summed E-state index contributed by atoms with van der Waals surface area (Å²) < 4.78 is 0. The first-order valence-electron chi connectivity index (χ1n) is 10.7. The highest BCUT2D eigenvalue weighted by Crippen LogP contribution is 2.21. The Kier molecular flexibility index (Phi) is 11.1. The fourth-order valence-corrected chi connectivity index (χ4v) is 3.51. The zero-order valence-electron chi connectivity index (χ0n) is 17.5. The Bertz CT molecular complexity index is 479. The van der Waals surface area contributed by atoms with Gasteiger partial charge in [-0.05, 0) is 48.9 Å². The minimum atomic E-state index is 0.162. The van der Waals surface area contributed by atoms with Gasteiger partial charge in [0.2, 0.25) is 0 Å². The molecule has 2 atom stereocenters. The fourth-order valence-electron chi connectivity index (χ4n) is 3.51. The molecule has 0 spiro atoms. The average molecular weight is 361 g/mol. The van der Waals surface area contributed by atoms with Crippen LogP contribution in [0.25, 0.3) is 0 Å². The van der Waals surface area contributed by atoms with Crippen LogP contribution in [0.3, 0.4) is 0 Å². The van der Waals surface area contributed by atoms with Crippen LogP contribution in [-0.2, 0) is 0 Å². The Balaban J connectivity index is 2.91. The molecule has 0 saturated carbocycles. The molecule has 3 nitrogen and oxygen atoms in total. The van der Waals surface area contributed by atoms with E-state index in [1.54, 1.807) is 0 Å². The van der Waals surface area contributed by atoms with Gasteiger partial charge in [0, 0.05) is 24.3 Å². The summed E-state index contributed by atoms with van der Waals surface area (Å²) in [7, 11) is 0. The molecular weight excluding hydrogens is 320 g/mol. The van der Waals surface area contributed by atoms with Gasteiger partial charge in [-0.15, -0.1) is 0 Å². The van der Waals surface area contributed by atoms with Crippen molar-refractivity contribution in [2.75, 3.05) is 18.8 Å². The van der Waals surface area contributed by atoms with Gasteiger partial charge in [0.05, 0.1) is 0 Å². The molecule has 148 valence electrons. The first kappa shape index (κ1) is 22.5. The number of amides is 1. The lowest BCUT2D eigenvalue weighted by atomic mass is 9.95. The smallest absolute Gasteiger partial charge is 0.253 e. The minimum absolute atomic E-state index is 0.162. The standard InChI is InChI=1S/C23H40N2O/c1-5-9-11-19(7-3)17-25(18-20(8-4)12-10-6-2)23(26)21-13-15-22(24)16-14-21/h13-16,19-20H,5-12,17-18,24H2,1-4H3/t19-,20?/m1/s1. The van der Waals surface area contributed by atoms with Gasteiger partial charge >= 0.3 is 0 Å². The summed E-state index contributed by atoms with van der Waals surface area (Å²) >= 11 is 0. The van der Waals surface area contributed by atoms with Crippen molar-refractivity contribution in [2.24, 2.45) is 11.8 Å². The molecule has 0 heterocycles. The molecule has 26 heavy (non-hydrogen) atoms. The van der Waals surface area contributed by atoms with E-state index < -0.39 is 0 Å². The quantitative estimate of drug-likeness (QED) is 0.429. The van der Waals surface area contributed by atoms with Gasteiger partial charge in [-0.1, -0.05) is 66.2 Å². The van der Waals surface area contributed by atoms with E-state index in [0.29, 0.717) is 17.5 Å². The number of nitrogens with two attached hydrogens (primary N) is 1. The van der Waals surface area contributed by atoms with Crippen LogP contribution in [-0.4, -0.2) is 23.9 Å². The fraction of sp³-hybridized carbons (Fsp3) is 0.696. The molecule has 1 amide bonds. The number of benzene rings is 1. The molecule has 0 aromatic heterocycles. The molecule has 1 aromatic carbocycles. The first-order chi connectivity index (χ1) is 12.5. The molecule has 0 aliphatic rings. The van der Waals surface area contributed by atoms with Gasteiger partial charge < -0.3 is 10.6 Å². The number of rotatable bonds is 13. The predicted molar refractivity (Wildman–Crippen MR) is 113 cm³/mol. The summed E-state index contributed by atoms with van der Waals surface area (Å²) in [6.45, 7) is 10.7. The number of nitrogen functional groups attached to an aromatic ring is 1. The maximum absolute atomic E-state index is 13.2. The molecule has 0 radical (unpaired) electrons. The van der Waals surface area contributed by atoms with Crippen LogP contribution >= 0.6 is 0 Å². The van der Waals surface area contributed by atoms with Crippen LogP contribution in [0.15, 0.2) is 24.3 Å². The van der Waals surface area contributed by atoms with Crippen molar-refractivity contribution < 1.29 is 4.79 Å². The molecule has 1 aromatic rings. The average Bonchev–Trinajstić information content (AvgIpc) is 2.66. The van der Waals surface area contributed by atoms with Crippen LogP contribution in [0.1, 0.15) is 89.4 Å². The van der Waals surface area contributed by atoms with Crippen molar-refractivity contribution in [3.05, 3.63) is 29.8 Å². The molecule has 0 fully saturated rings. The van der Waals surface area contributed by atoms with Gasteiger partial charge in [-0.25, -0.2) is 0 Å². The van der Waals surface area contributed by atoms with Crippen molar-refractivity contribution in [3.63, 3.8) is 0 Å². The second-order valence-corrected chi connectivity index (χ2v) is 7.67. The van der Waals surface area contributed by atoms with Crippen molar-refractivity contribution in [3.8, 4) is 0 Å². The van der Waals surface area contributed by atoms with Gasteiger partial charge in [0.15, 0.2) is 0 Å². The molecular formula is C23H40N2O. The minimum Gasteiger partial charge on any atom is -0.399 e. The normalized spacial score (nSPS) is 13.4. The van der Waals surface area contributed by atoms with Crippen molar-refractivity contribution in [1.29, 1.82) is 0 Å². The number of carbonyl (C=O) groups is 1. The van der Waals surface area contributed by atoms with E-state index in [1.165, 1.54) is 38.5 Å². The molecule has 2 N–H and O–H groups in total. The van der Waals surface area contributed by atoms with Crippen molar-refractivity contribution in [2.45, 2.75) is 79.1 Å². The van der Waals surface area contributed by atoms with Crippen LogP contribution in [0, 0.1) is 11.8 Å². The Morgan fingerprint density at radius 2 is 1.35 bits per heavy atom. The summed E-state index contributed by atoms with van der Waals surface area (Å²) in [5.41, 5.74) is 7.26. The zero-order valence-corrected chi connectivity index (χ0v) is 17.5. The summed E-state index contributed by atoms with van der Waals surface area (Å²) in [5.74, 6) is 1.35. The highest BCUT2D eigenvalue weighted by molar-refractivity contribution is 5.94. The van der Waals surface area contributed by atoms with Crippen LogP contribution in [0.5, 0.6) is 0 Å². The lowest BCUT2D eigenvalue weighted by Crippen LogP contribution is -2.39. The Morgan fingerprint density at radius 3 is 1.73 bits per heavy atom. The van der Waals surface area contributed by atoms with E-state index in [1.807, 2.05) is 24.3 Å². The van der Waals surface area contributed by atoms with Crippen LogP contribution in [0.2, 0.25) is 0 Å². The maximum atomic E-state index is 13.2. The van der Waals surface area contributed by atoms with E-state index in [-0.39, 0.29) is 5.91 Å². The second kappa shape index (κ2) is 12.8. The van der Waals surface area contributed by atoms with E-state index in [0.717, 1.165) is 31.5 Å². The van der Waals surface area contributed by atoms with Crippen molar-refractivity contribution >= 4 is 11.6 Å². The summed E-state index contributed by atoms with van der Waals surface area (Å²) in [4.78, 5) is 15.3. The molecule has 3 heteroatoms. The van der Waals surface area contributed by atoms with Gasteiger partial charge in [-0.2, -0.15) is 0 Å². The van der Waals surface area contributed by atoms with E-state index in [4.69, 9.17) is 5.73 Å². The molecule has 0 aliphatic heterocycles. The summed E-state index contributed by atoms with van der Waals surface area (Å²) in [5, 5.41) is 0. The number of anilines is 1. The van der Waals surface area contributed by atoms with Gasteiger partial charge in [0.25, 0.3) is 5.91 Å². The lowest BCUT2D eigenvalue weighted by Gasteiger charge is -2.31. The topological polar surface area (TPSA) is 46.3 Å². The molecule has 0 bridgehead atoms. The second-order valence-electron chi connectivity index (χ2n) is 7.67. The number of unbranched alkanes of at least 4 members (excludes halogenated alkanes) is 2. The maximum Gasteiger partial charge on any atom is 0.253 e. The highest BCUT2D eigenvalue weighted by atomic mass is 16.2. The van der Waals surface area contributed by atoms with E-state index >= 15 is 0 Å². The Morgan fingerprint density at radius 1 is 0.885 bits per heavy atom. The van der Waals surface area contributed by atoms with Crippen molar-refractivity contribution in [1.82, 2.24) is 4.90 Å². The largest absolute Gasteiger partial charge is 0.399 e.